The lowest BCUT2D eigenvalue weighted by Crippen LogP contribution is -2.48. The Kier molecular flexibility index (Phi) is 7.23. The molecule has 1 unspecified atom stereocenters. The van der Waals surface area contributed by atoms with Gasteiger partial charge in [-0.3, -0.25) is 9.59 Å². The third-order valence-corrected chi connectivity index (χ3v) is 4.25. The number of nitrogens with zero attached hydrogens (tertiary/aromatic N) is 1. The van der Waals surface area contributed by atoms with E-state index < -0.39 is 6.04 Å². The average Bonchev–Trinajstić information content (AvgIpc) is 2.69. The predicted octanol–water partition coefficient (Wildman–Crippen LogP) is 2.55. The number of hydrogen-bond donors (Lipinski definition) is 1. The van der Waals surface area contributed by atoms with Crippen molar-refractivity contribution in [1.82, 2.24) is 10.2 Å². The maximum Gasteiger partial charge on any atom is 0.261 e. The number of hydrogen-bond acceptors (Lipinski definition) is 4. The summed E-state index contributed by atoms with van der Waals surface area (Å²) in [5.74, 6) is 0.818. The van der Waals surface area contributed by atoms with Gasteiger partial charge < -0.3 is 19.7 Å². The average molecular weight is 370 g/mol. The standard InChI is InChI=1S/C21H26N2O4/c1-15-7-5-10-19(11-15)27-14-20(24)23(16(2)21(25)22-3)13-17-8-6-9-18(12-17)26-4/h5-12,16H,13-14H2,1-4H3,(H,22,25). The van der Waals surface area contributed by atoms with E-state index in [0.29, 0.717) is 11.5 Å². The number of aryl methyl sites for hydroxylation is 1. The summed E-state index contributed by atoms with van der Waals surface area (Å²) in [7, 11) is 3.14. The minimum Gasteiger partial charge on any atom is -0.497 e. The maximum absolute atomic E-state index is 12.8. The Balaban J connectivity index is 2.15. The third kappa shape index (κ3) is 5.74. The second-order valence-corrected chi connectivity index (χ2v) is 6.27. The van der Waals surface area contributed by atoms with E-state index in [9.17, 15) is 9.59 Å². The molecule has 0 aliphatic rings. The highest BCUT2D eigenvalue weighted by Gasteiger charge is 2.26. The van der Waals surface area contributed by atoms with Crippen molar-refractivity contribution in [2.45, 2.75) is 26.4 Å². The molecule has 0 radical (unpaired) electrons. The molecule has 2 amide bonds. The topological polar surface area (TPSA) is 67.9 Å². The van der Waals surface area contributed by atoms with Crippen LogP contribution in [0.5, 0.6) is 11.5 Å². The van der Waals surface area contributed by atoms with Crippen molar-refractivity contribution in [3.63, 3.8) is 0 Å². The number of amides is 2. The molecule has 0 aromatic heterocycles. The molecule has 2 rings (SSSR count). The predicted molar refractivity (Wildman–Crippen MR) is 104 cm³/mol. The molecule has 27 heavy (non-hydrogen) atoms. The van der Waals surface area contributed by atoms with Crippen LogP contribution in [0.15, 0.2) is 48.5 Å². The third-order valence-electron chi connectivity index (χ3n) is 4.25. The van der Waals surface area contributed by atoms with Gasteiger partial charge in [0.2, 0.25) is 5.91 Å². The summed E-state index contributed by atoms with van der Waals surface area (Å²) in [6.45, 7) is 3.79. The molecule has 6 heteroatoms. The van der Waals surface area contributed by atoms with Crippen molar-refractivity contribution in [3.05, 3.63) is 59.7 Å². The fraction of sp³-hybridized carbons (Fsp3) is 0.333. The highest BCUT2D eigenvalue weighted by atomic mass is 16.5. The zero-order valence-corrected chi connectivity index (χ0v) is 16.2. The van der Waals surface area contributed by atoms with Gasteiger partial charge in [-0.05, 0) is 49.2 Å². The summed E-state index contributed by atoms with van der Waals surface area (Å²) in [6, 6.07) is 14.3. The Morgan fingerprint density at radius 1 is 1.11 bits per heavy atom. The molecule has 0 aliphatic carbocycles. The maximum atomic E-state index is 12.8. The first-order chi connectivity index (χ1) is 12.9. The fourth-order valence-electron chi connectivity index (χ4n) is 2.69. The van der Waals surface area contributed by atoms with Gasteiger partial charge in [0.15, 0.2) is 6.61 Å². The Hall–Kier alpha value is -3.02. The number of carbonyl (C=O) groups is 2. The van der Waals surface area contributed by atoms with Crippen LogP contribution in [-0.4, -0.2) is 43.5 Å². The van der Waals surface area contributed by atoms with E-state index in [0.717, 1.165) is 11.1 Å². The summed E-state index contributed by atoms with van der Waals surface area (Å²) in [5, 5.41) is 2.59. The summed E-state index contributed by atoms with van der Waals surface area (Å²) >= 11 is 0. The molecule has 0 bridgehead atoms. The zero-order valence-electron chi connectivity index (χ0n) is 16.2. The summed E-state index contributed by atoms with van der Waals surface area (Å²) in [4.78, 5) is 26.4. The molecule has 2 aromatic carbocycles. The second-order valence-electron chi connectivity index (χ2n) is 6.27. The Labute approximate surface area is 160 Å². The van der Waals surface area contributed by atoms with Gasteiger partial charge in [0.05, 0.1) is 7.11 Å². The Morgan fingerprint density at radius 3 is 2.48 bits per heavy atom. The Bertz CT molecular complexity index is 791. The first-order valence-electron chi connectivity index (χ1n) is 8.78. The number of rotatable bonds is 8. The number of carbonyl (C=O) groups excluding carboxylic acids is 2. The molecule has 0 saturated heterocycles. The number of methoxy groups -OCH3 is 1. The molecule has 0 saturated carbocycles. The van der Waals surface area contributed by atoms with Crippen LogP contribution in [0.3, 0.4) is 0 Å². The SMILES string of the molecule is CNC(=O)C(C)N(Cc1cccc(OC)c1)C(=O)COc1cccc(C)c1. The van der Waals surface area contributed by atoms with E-state index in [-0.39, 0.29) is 25.0 Å². The van der Waals surface area contributed by atoms with Gasteiger partial charge >= 0.3 is 0 Å². The van der Waals surface area contributed by atoms with E-state index in [1.165, 1.54) is 4.90 Å². The molecule has 1 N–H and O–H groups in total. The first kappa shape index (κ1) is 20.3. The minimum absolute atomic E-state index is 0.144. The van der Waals surface area contributed by atoms with Crippen LogP contribution in [0.1, 0.15) is 18.1 Å². The van der Waals surface area contributed by atoms with E-state index in [4.69, 9.17) is 9.47 Å². The van der Waals surface area contributed by atoms with Crippen LogP contribution < -0.4 is 14.8 Å². The summed E-state index contributed by atoms with van der Waals surface area (Å²) in [5.41, 5.74) is 1.92. The van der Waals surface area contributed by atoms with Crippen molar-refractivity contribution in [3.8, 4) is 11.5 Å². The van der Waals surface area contributed by atoms with Crippen LogP contribution in [0.2, 0.25) is 0 Å². The van der Waals surface area contributed by atoms with Gasteiger partial charge in [0.1, 0.15) is 17.5 Å². The molecular formula is C21H26N2O4. The lowest BCUT2D eigenvalue weighted by atomic mass is 10.1. The van der Waals surface area contributed by atoms with Crippen molar-refractivity contribution >= 4 is 11.8 Å². The van der Waals surface area contributed by atoms with Crippen LogP contribution >= 0.6 is 0 Å². The number of ether oxygens (including phenoxy) is 2. The van der Waals surface area contributed by atoms with E-state index in [1.807, 2.05) is 49.4 Å². The van der Waals surface area contributed by atoms with Gasteiger partial charge in [-0.15, -0.1) is 0 Å². The Morgan fingerprint density at radius 2 is 1.81 bits per heavy atom. The molecule has 2 aromatic rings. The van der Waals surface area contributed by atoms with Crippen LogP contribution in [0.25, 0.3) is 0 Å². The smallest absolute Gasteiger partial charge is 0.261 e. The minimum atomic E-state index is -0.630. The van der Waals surface area contributed by atoms with Gasteiger partial charge in [0, 0.05) is 13.6 Å². The monoisotopic (exact) mass is 370 g/mol. The quantitative estimate of drug-likeness (QED) is 0.775. The molecule has 0 heterocycles. The van der Waals surface area contributed by atoms with Gasteiger partial charge in [0.25, 0.3) is 5.91 Å². The largest absolute Gasteiger partial charge is 0.497 e. The van der Waals surface area contributed by atoms with Crippen LogP contribution in [-0.2, 0) is 16.1 Å². The van der Waals surface area contributed by atoms with E-state index in [2.05, 4.69) is 5.32 Å². The number of nitrogens with one attached hydrogen (secondary N) is 1. The lowest BCUT2D eigenvalue weighted by molar-refractivity contribution is -0.142. The van der Waals surface area contributed by atoms with Crippen molar-refractivity contribution in [1.29, 1.82) is 0 Å². The molecule has 1 atom stereocenters. The van der Waals surface area contributed by atoms with Gasteiger partial charge in [-0.2, -0.15) is 0 Å². The second kappa shape index (κ2) is 9.62. The van der Waals surface area contributed by atoms with E-state index in [1.54, 1.807) is 27.1 Å². The molecule has 0 aliphatic heterocycles. The van der Waals surface area contributed by atoms with Gasteiger partial charge in [-0.1, -0.05) is 24.3 Å². The summed E-state index contributed by atoms with van der Waals surface area (Å²) < 4.78 is 10.9. The van der Waals surface area contributed by atoms with Crippen molar-refractivity contribution < 1.29 is 19.1 Å². The molecule has 144 valence electrons. The van der Waals surface area contributed by atoms with Gasteiger partial charge in [-0.25, -0.2) is 0 Å². The number of benzene rings is 2. The number of likely N-dealkylation sites (N-methyl/N-ethyl adjacent to an activating group) is 1. The molecule has 0 fully saturated rings. The lowest BCUT2D eigenvalue weighted by Gasteiger charge is -2.28. The highest BCUT2D eigenvalue weighted by molar-refractivity contribution is 5.87. The van der Waals surface area contributed by atoms with Crippen molar-refractivity contribution in [2.24, 2.45) is 0 Å². The molecule has 0 spiro atoms. The zero-order chi connectivity index (χ0) is 19.8. The molecule has 6 nitrogen and oxygen atoms in total. The van der Waals surface area contributed by atoms with Crippen molar-refractivity contribution in [2.75, 3.05) is 20.8 Å². The highest BCUT2D eigenvalue weighted by Crippen LogP contribution is 2.17. The van der Waals surface area contributed by atoms with Crippen LogP contribution in [0, 0.1) is 6.92 Å². The molecular weight excluding hydrogens is 344 g/mol. The van der Waals surface area contributed by atoms with Crippen LogP contribution in [0.4, 0.5) is 0 Å². The van der Waals surface area contributed by atoms with E-state index >= 15 is 0 Å². The fourth-order valence-corrected chi connectivity index (χ4v) is 2.69. The first-order valence-corrected chi connectivity index (χ1v) is 8.78. The normalized spacial score (nSPS) is 11.4. The summed E-state index contributed by atoms with van der Waals surface area (Å²) in [6.07, 6.45) is 0.